The SMILES string of the molecule is COc1ccc(-c2cc3c(=O)n(CC(=O)Nc4ccc(C(C)C)cc4)nc(C)n3n2)cc1. The number of benzene rings is 2. The summed E-state index contributed by atoms with van der Waals surface area (Å²) in [4.78, 5) is 25.5. The number of carbonyl (C=O) groups excluding carboxylic acids is 1. The molecule has 0 saturated carbocycles. The van der Waals surface area contributed by atoms with Gasteiger partial charge in [0.2, 0.25) is 5.91 Å². The molecule has 0 spiro atoms. The Kier molecular flexibility index (Phi) is 5.77. The molecule has 32 heavy (non-hydrogen) atoms. The average molecular weight is 431 g/mol. The number of anilines is 1. The van der Waals surface area contributed by atoms with Crippen LogP contribution in [0.15, 0.2) is 59.4 Å². The van der Waals surface area contributed by atoms with Gasteiger partial charge in [-0.05, 0) is 60.9 Å². The van der Waals surface area contributed by atoms with Crippen molar-refractivity contribution in [3.63, 3.8) is 0 Å². The van der Waals surface area contributed by atoms with E-state index in [0.29, 0.717) is 28.6 Å². The van der Waals surface area contributed by atoms with Crippen molar-refractivity contribution >= 4 is 17.1 Å². The lowest BCUT2D eigenvalue weighted by atomic mass is 10.0. The second-order valence-corrected chi connectivity index (χ2v) is 7.89. The van der Waals surface area contributed by atoms with E-state index in [2.05, 4.69) is 29.4 Å². The summed E-state index contributed by atoms with van der Waals surface area (Å²) < 4.78 is 7.86. The van der Waals surface area contributed by atoms with Crippen molar-refractivity contribution in [1.82, 2.24) is 19.4 Å². The van der Waals surface area contributed by atoms with Crippen molar-refractivity contribution in [1.29, 1.82) is 0 Å². The molecule has 0 aliphatic heterocycles. The lowest BCUT2D eigenvalue weighted by Crippen LogP contribution is -2.31. The van der Waals surface area contributed by atoms with Crippen molar-refractivity contribution in [2.45, 2.75) is 33.2 Å². The monoisotopic (exact) mass is 431 g/mol. The van der Waals surface area contributed by atoms with Gasteiger partial charge in [0.1, 0.15) is 23.6 Å². The van der Waals surface area contributed by atoms with Crippen LogP contribution in [0.3, 0.4) is 0 Å². The van der Waals surface area contributed by atoms with E-state index >= 15 is 0 Å². The minimum absolute atomic E-state index is 0.189. The maximum absolute atomic E-state index is 13.0. The van der Waals surface area contributed by atoms with Crippen LogP contribution in [0.1, 0.15) is 31.2 Å². The molecule has 1 amide bonds. The standard InChI is InChI=1S/C24H25N5O3/c1-15(2)17-5-9-19(10-6-17)25-23(30)14-28-24(31)22-13-21(27-29(22)16(3)26-28)18-7-11-20(32-4)12-8-18/h5-13,15H,14H2,1-4H3,(H,25,30). The summed E-state index contributed by atoms with van der Waals surface area (Å²) in [6.07, 6.45) is 0. The van der Waals surface area contributed by atoms with Gasteiger partial charge in [0.15, 0.2) is 0 Å². The number of aryl methyl sites for hydroxylation is 1. The number of nitrogens with zero attached hydrogens (tertiary/aromatic N) is 4. The second kappa shape index (κ2) is 8.66. The Morgan fingerprint density at radius 2 is 1.75 bits per heavy atom. The van der Waals surface area contributed by atoms with Gasteiger partial charge >= 0.3 is 0 Å². The Balaban J connectivity index is 1.58. The van der Waals surface area contributed by atoms with Gasteiger partial charge in [-0.3, -0.25) is 9.59 Å². The first-order chi connectivity index (χ1) is 15.4. The summed E-state index contributed by atoms with van der Waals surface area (Å²) in [6, 6.07) is 16.8. The highest BCUT2D eigenvalue weighted by Crippen LogP contribution is 2.22. The summed E-state index contributed by atoms with van der Waals surface area (Å²) in [5.74, 6) is 1.34. The minimum atomic E-state index is -0.381. The van der Waals surface area contributed by atoms with Crippen molar-refractivity contribution in [2.75, 3.05) is 12.4 Å². The number of ether oxygens (including phenoxy) is 1. The fourth-order valence-electron chi connectivity index (χ4n) is 3.47. The molecular formula is C24H25N5O3. The predicted octanol–water partition coefficient (Wildman–Crippen LogP) is 3.64. The smallest absolute Gasteiger partial charge is 0.293 e. The molecule has 0 atom stereocenters. The molecule has 8 nitrogen and oxygen atoms in total. The van der Waals surface area contributed by atoms with E-state index in [1.807, 2.05) is 48.5 Å². The van der Waals surface area contributed by atoms with Crippen molar-refractivity contribution in [3.05, 3.63) is 76.3 Å². The third-order valence-corrected chi connectivity index (χ3v) is 5.28. The van der Waals surface area contributed by atoms with Crippen LogP contribution in [0, 0.1) is 6.92 Å². The lowest BCUT2D eigenvalue weighted by Gasteiger charge is -2.10. The number of rotatable bonds is 6. The molecule has 0 aliphatic carbocycles. The summed E-state index contributed by atoms with van der Waals surface area (Å²) in [7, 11) is 1.61. The van der Waals surface area contributed by atoms with Gasteiger partial charge in [-0.2, -0.15) is 10.2 Å². The molecule has 2 aromatic heterocycles. The fourth-order valence-corrected chi connectivity index (χ4v) is 3.47. The number of aromatic nitrogens is 4. The highest BCUT2D eigenvalue weighted by molar-refractivity contribution is 5.90. The third kappa shape index (κ3) is 4.25. The van der Waals surface area contributed by atoms with E-state index < -0.39 is 0 Å². The van der Waals surface area contributed by atoms with Crippen LogP contribution >= 0.6 is 0 Å². The van der Waals surface area contributed by atoms with Gasteiger partial charge in [0.05, 0.1) is 12.8 Å². The molecule has 4 rings (SSSR count). The van der Waals surface area contributed by atoms with E-state index in [-0.39, 0.29) is 18.0 Å². The van der Waals surface area contributed by atoms with E-state index in [1.54, 1.807) is 20.1 Å². The number of amides is 1. The molecular weight excluding hydrogens is 406 g/mol. The molecule has 2 heterocycles. The van der Waals surface area contributed by atoms with E-state index in [0.717, 1.165) is 11.3 Å². The lowest BCUT2D eigenvalue weighted by molar-refractivity contribution is -0.117. The van der Waals surface area contributed by atoms with Gasteiger partial charge < -0.3 is 10.1 Å². The molecule has 0 saturated heterocycles. The quantitative estimate of drug-likeness (QED) is 0.503. The van der Waals surface area contributed by atoms with Crippen LogP contribution in [-0.4, -0.2) is 32.4 Å². The highest BCUT2D eigenvalue weighted by Gasteiger charge is 2.15. The zero-order valence-corrected chi connectivity index (χ0v) is 18.5. The number of carbonyl (C=O) groups is 1. The third-order valence-electron chi connectivity index (χ3n) is 5.28. The molecule has 8 heteroatoms. The number of methoxy groups -OCH3 is 1. The molecule has 0 fully saturated rings. The first-order valence-electron chi connectivity index (χ1n) is 10.4. The van der Waals surface area contributed by atoms with Gasteiger partial charge in [-0.15, -0.1) is 0 Å². The zero-order valence-electron chi connectivity index (χ0n) is 18.5. The number of hydrogen-bond donors (Lipinski definition) is 1. The Morgan fingerprint density at radius 3 is 2.38 bits per heavy atom. The number of nitrogens with one attached hydrogen (secondary N) is 1. The summed E-state index contributed by atoms with van der Waals surface area (Å²) in [6.45, 7) is 5.78. The summed E-state index contributed by atoms with van der Waals surface area (Å²) in [5.41, 5.74) is 3.34. The molecule has 164 valence electrons. The second-order valence-electron chi connectivity index (χ2n) is 7.89. The highest BCUT2D eigenvalue weighted by atomic mass is 16.5. The van der Waals surface area contributed by atoms with Gasteiger partial charge in [0.25, 0.3) is 5.56 Å². The molecule has 1 N–H and O–H groups in total. The molecule has 0 aliphatic rings. The average Bonchev–Trinajstić information content (AvgIpc) is 3.24. The van der Waals surface area contributed by atoms with Crippen LogP contribution < -0.4 is 15.6 Å². The Hall–Kier alpha value is -3.94. The Bertz CT molecular complexity index is 1320. The topological polar surface area (TPSA) is 90.5 Å². The molecule has 0 bridgehead atoms. The van der Waals surface area contributed by atoms with Crippen LogP contribution in [0.5, 0.6) is 5.75 Å². The largest absolute Gasteiger partial charge is 0.497 e. The Morgan fingerprint density at radius 1 is 1.06 bits per heavy atom. The first kappa shape index (κ1) is 21.3. The number of hydrogen-bond acceptors (Lipinski definition) is 5. The van der Waals surface area contributed by atoms with Gasteiger partial charge in [-0.25, -0.2) is 9.20 Å². The maximum atomic E-state index is 13.0. The van der Waals surface area contributed by atoms with Crippen molar-refractivity contribution in [2.24, 2.45) is 0 Å². The molecule has 0 unspecified atom stereocenters. The van der Waals surface area contributed by atoms with Crippen LogP contribution in [0.4, 0.5) is 5.69 Å². The normalized spacial score (nSPS) is 11.2. The summed E-state index contributed by atoms with van der Waals surface area (Å²) >= 11 is 0. The molecule has 4 aromatic rings. The zero-order chi connectivity index (χ0) is 22.8. The van der Waals surface area contributed by atoms with Crippen molar-refractivity contribution in [3.8, 4) is 17.0 Å². The first-order valence-corrected chi connectivity index (χ1v) is 10.4. The Labute approximate surface area is 185 Å². The van der Waals surface area contributed by atoms with E-state index in [1.165, 1.54) is 14.8 Å². The van der Waals surface area contributed by atoms with Gasteiger partial charge in [-0.1, -0.05) is 26.0 Å². The van der Waals surface area contributed by atoms with Crippen LogP contribution in [0.25, 0.3) is 16.8 Å². The number of fused-ring (bicyclic) bond motifs is 1. The predicted molar refractivity (Wildman–Crippen MR) is 123 cm³/mol. The van der Waals surface area contributed by atoms with Crippen molar-refractivity contribution < 1.29 is 9.53 Å². The van der Waals surface area contributed by atoms with E-state index in [9.17, 15) is 9.59 Å². The van der Waals surface area contributed by atoms with E-state index in [4.69, 9.17) is 4.74 Å². The summed E-state index contributed by atoms with van der Waals surface area (Å²) in [5, 5.41) is 11.6. The maximum Gasteiger partial charge on any atom is 0.293 e. The van der Waals surface area contributed by atoms with Crippen LogP contribution in [-0.2, 0) is 11.3 Å². The van der Waals surface area contributed by atoms with Gasteiger partial charge in [0, 0.05) is 11.3 Å². The van der Waals surface area contributed by atoms with Crippen LogP contribution in [0.2, 0.25) is 0 Å². The fraction of sp³-hybridized carbons (Fsp3) is 0.250. The minimum Gasteiger partial charge on any atom is -0.497 e. The molecule has 0 radical (unpaired) electrons. The molecule has 2 aromatic carbocycles.